The zero-order valence-corrected chi connectivity index (χ0v) is 11.1. The fourth-order valence-electron chi connectivity index (χ4n) is 1.36. The highest BCUT2D eigenvalue weighted by Crippen LogP contribution is 2.24. The van der Waals surface area contributed by atoms with Crippen LogP contribution in [0.2, 0.25) is 0 Å². The largest absolute Gasteiger partial charge is 0.478 e. The van der Waals surface area contributed by atoms with E-state index in [1.165, 1.54) is 36.9 Å². The number of rotatable bonds is 3. The van der Waals surface area contributed by atoms with Gasteiger partial charge in [-0.15, -0.1) is 0 Å². The summed E-state index contributed by atoms with van der Waals surface area (Å²) in [5, 5.41) is 11.5. The van der Waals surface area contributed by atoms with Gasteiger partial charge in [-0.05, 0) is 34.1 Å². The Morgan fingerprint density at radius 3 is 2.42 bits per heavy atom. The van der Waals surface area contributed by atoms with E-state index in [2.05, 4.69) is 31.2 Å². The van der Waals surface area contributed by atoms with Crippen molar-refractivity contribution in [3.8, 4) is 0 Å². The number of carbonyl (C=O) groups excluding carboxylic acids is 1. The molecule has 1 heterocycles. The minimum absolute atomic E-state index is 0.132. The van der Waals surface area contributed by atoms with Crippen LogP contribution in [0, 0.1) is 0 Å². The lowest BCUT2D eigenvalue weighted by Crippen LogP contribution is -2.13. The number of benzene rings is 1. The number of nitrogens with zero attached hydrogens (tertiary/aromatic N) is 2. The molecular weight excluding hydrogens is 314 g/mol. The molecule has 96 valence electrons. The van der Waals surface area contributed by atoms with Gasteiger partial charge in [-0.25, -0.2) is 14.8 Å². The highest BCUT2D eigenvalue weighted by molar-refractivity contribution is 9.10. The molecule has 7 heteroatoms. The van der Waals surface area contributed by atoms with Crippen LogP contribution in [0.4, 0.5) is 5.69 Å². The van der Waals surface area contributed by atoms with E-state index < -0.39 is 5.97 Å². The summed E-state index contributed by atoms with van der Waals surface area (Å²) in [6.07, 6.45) is 4.11. The number of anilines is 1. The summed E-state index contributed by atoms with van der Waals surface area (Å²) in [6, 6.07) is 4.33. The van der Waals surface area contributed by atoms with E-state index in [9.17, 15) is 9.59 Å². The molecule has 0 aliphatic carbocycles. The zero-order chi connectivity index (χ0) is 13.8. The molecule has 1 aromatic carbocycles. The van der Waals surface area contributed by atoms with Gasteiger partial charge in [-0.1, -0.05) is 0 Å². The SMILES string of the molecule is O=C(O)c1ccc(NC(=O)c2cncnc2)c(Br)c1. The Morgan fingerprint density at radius 1 is 1.16 bits per heavy atom. The second-order valence-electron chi connectivity index (χ2n) is 3.58. The summed E-state index contributed by atoms with van der Waals surface area (Å²) in [5.74, 6) is -1.40. The predicted octanol–water partition coefficient (Wildman–Crippen LogP) is 2.19. The van der Waals surface area contributed by atoms with Crippen molar-refractivity contribution in [3.05, 3.63) is 52.5 Å². The molecule has 0 unspecified atom stereocenters. The molecule has 1 amide bonds. The molecule has 2 aromatic rings. The molecule has 2 rings (SSSR count). The number of carboxylic acids is 1. The standard InChI is InChI=1S/C12H8BrN3O3/c13-9-3-7(12(18)19)1-2-10(9)16-11(17)8-4-14-6-15-5-8/h1-6H,(H,16,17)(H,18,19). The Morgan fingerprint density at radius 2 is 1.84 bits per heavy atom. The first-order valence-electron chi connectivity index (χ1n) is 5.17. The van der Waals surface area contributed by atoms with E-state index in [0.29, 0.717) is 15.7 Å². The van der Waals surface area contributed by atoms with E-state index in [0.717, 1.165) is 0 Å². The molecule has 0 radical (unpaired) electrons. The fraction of sp³-hybridized carbons (Fsp3) is 0. The predicted molar refractivity (Wildman–Crippen MR) is 71.1 cm³/mol. The second kappa shape index (κ2) is 5.57. The van der Waals surface area contributed by atoms with Gasteiger partial charge < -0.3 is 10.4 Å². The Bertz CT molecular complexity index is 631. The van der Waals surface area contributed by atoms with Crippen LogP contribution in [0.3, 0.4) is 0 Å². The van der Waals surface area contributed by atoms with Gasteiger partial charge in [0.2, 0.25) is 0 Å². The quantitative estimate of drug-likeness (QED) is 0.904. The molecule has 0 bridgehead atoms. The van der Waals surface area contributed by atoms with Crippen LogP contribution < -0.4 is 5.32 Å². The molecular formula is C12H8BrN3O3. The smallest absolute Gasteiger partial charge is 0.335 e. The molecule has 1 aromatic heterocycles. The van der Waals surface area contributed by atoms with Crippen molar-refractivity contribution in [3.63, 3.8) is 0 Å². The van der Waals surface area contributed by atoms with E-state index in [4.69, 9.17) is 5.11 Å². The summed E-state index contributed by atoms with van der Waals surface area (Å²) < 4.78 is 0.484. The Balaban J connectivity index is 2.20. The van der Waals surface area contributed by atoms with Crippen molar-refractivity contribution in [2.45, 2.75) is 0 Å². The van der Waals surface area contributed by atoms with Crippen molar-refractivity contribution in [1.82, 2.24) is 9.97 Å². The highest BCUT2D eigenvalue weighted by Gasteiger charge is 2.11. The molecule has 0 aliphatic heterocycles. The van der Waals surface area contributed by atoms with E-state index >= 15 is 0 Å². The molecule has 0 saturated carbocycles. The first kappa shape index (κ1) is 13.2. The van der Waals surface area contributed by atoms with Gasteiger partial charge in [-0.3, -0.25) is 4.79 Å². The van der Waals surface area contributed by atoms with Crippen LogP contribution in [0.1, 0.15) is 20.7 Å². The lowest BCUT2D eigenvalue weighted by Gasteiger charge is -2.07. The maximum absolute atomic E-state index is 11.9. The van der Waals surface area contributed by atoms with E-state index in [1.54, 1.807) is 0 Å². The first-order chi connectivity index (χ1) is 9.08. The third-order valence-corrected chi connectivity index (χ3v) is 2.94. The molecule has 19 heavy (non-hydrogen) atoms. The number of aromatic carboxylic acids is 1. The summed E-state index contributed by atoms with van der Waals surface area (Å²) in [7, 11) is 0. The molecule has 0 atom stereocenters. The number of carbonyl (C=O) groups is 2. The van der Waals surface area contributed by atoms with Crippen molar-refractivity contribution in [2.75, 3.05) is 5.32 Å². The van der Waals surface area contributed by atoms with E-state index in [-0.39, 0.29) is 11.5 Å². The monoisotopic (exact) mass is 321 g/mol. The number of hydrogen-bond donors (Lipinski definition) is 2. The van der Waals surface area contributed by atoms with Crippen LogP contribution in [-0.4, -0.2) is 27.0 Å². The van der Waals surface area contributed by atoms with Gasteiger partial charge in [-0.2, -0.15) is 0 Å². The topological polar surface area (TPSA) is 92.2 Å². The molecule has 0 fully saturated rings. The first-order valence-corrected chi connectivity index (χ1v) is 5.96. The summed E-state index contributed by atoms with van der Waals surface area (Å²) in [6.45, 7) is 0. The summed E-state index contributed by atoms with van der Waals surface area (Å²) >= 11 is 3.21. The number of halogens is 1. The molecule has 6 nitrogen and oxygen atoms in total. The number of aromatic nitrogens is 2. The van der Waals surface area contributed by atoms with Gasteiger partial charge in [0.1, 0.15) is 6.33 Å². The number of amides is 1. The number of nitrogens with one attached hydrogen (secondary N) is 1. The molecule has 0 spiro atoms. The Kier molecular flexibility index (Phi) is 3.86. The lowest BCUT2D eigenvalue weighted by atomic mass is 10.2. The normalized spacial score (nSPS) is 9.95. The van der Waals surface area contributed by atoms with Crippen LogP contribution in [0.5, 0.6) is 0 Å². The molecule has 0 saturated heterocycles. The Hall–Kier alpha value is -2.28. The van der Waals surface area contributed by atoms with Gasteiger partial charge in [0.05, 0.1) is 16.8 Å². The van der Waals surface area contributed by atoms with E-state index in [1.807, 2.05) is 0 Å². The molecule has 0 aliphatic rings. The average molecular weight is 322 g/mol. The third kappa shape index (κ3) is 3.14. The van der Waals surface area contributed by atoms with Gasteiger partial charge in [0.15, 0.2) is 0 Å². The fourth-order valence-corrected chi connectivity index (χ4v) is 1.84. The third-order valence-electron chi connectivity index (χ3n) is 2.29. The zero-order valence-electron chi connectivity index (χ0n) is 9.50. The van der Waals surface area contributed by atoms with Crippen LogP contribution in [0.25, 0.3) is 0 Å². The summed E-state index contributed by atoms with van der Waals surface area (Å²) in [5.41, 5.74) is 0.920. The van der Waals surface area contributed by atoms with Gasteiger partial charge in [0.25, 0.3) is 5.91 Å². The van der Waals surface area contributed by atoms with Crippen LogP contribution >= 0.6 is 15.9 Å². The van der Waals surface area contributed by atoms with Gasteiger partial charge >= 0.3 is 5.97 Å². The maximum Gasteiger partial charge on any atom is 0.335 e. The molecule has 2 N–H and O–H groups in total. The highest BCUT2D eigenvalue weighted by atomic mass is 79.9. The van der Waals surface area contributed by atoms with Crippen molar-refractivity contribution in [2.24, 2.45) is 0 Å². The minimum Gasteiger partial charge on any atom is -0.478 e. The van der Waals surface area contributed by atoms with Crippen molar-refractivity contribution in [1.29, 1.82) is 0 Å². The second-order valence-corrected chi connectivity index (χ2v) is 4.44. The maximum atomic E-state index is 11.9. The minimum atomic E-state index is -1.03. The van der Waals surface area contributed by atoms with Gasteiger partial charge in [0, 0.05) is 16.9 Å². The van der Waals surface area contributed by atoms with Crippen LogP contribution in [-0.2, 0) is 0 Å². The van der Waals surface area contributed by atoms with Crippen molar-refractivity contribution >= 4 is 33.5 Å². The number of carboxylic acid groups (broad SMARTS) is 1. The van der Waals surface area contributed by atoms with Crippen molar-refractivity contribution < 1.29 is 14.7 Å². The number of hydrogen-bond acceptors (Lipinski definition) is 4. The lowest BCUT2D eigenvalue weighted by molar-refractivity contribution is 0.0696. The Labute approximate surface area is 116 Å². The summed E-state index contributed by atoms with van der Waals surface area (Å²) in [4.78, 5) is 30.1. The average Bonchev–Trinajstić information content (AvgIpc) is 2.41. The van der Waals surface area contributed by atoms with Crippen LogP contribution in [0.15, 0.2) is 41.4 Å².